The van der Waals surface area contributed by atoms with Crippen LogP contribution in [0.2, 0.25) is 0 Å². The predicted molar refractivity (Wildman–Crippen MR) is 278 cm³/mol. The van der Waals surface area contributed by atoms with Crippen LogP contribution in [0, 0.1) is 0 Å². The summed E-state index contributed by atoms with van der Waals surface area (Å²) in [6.07, 6.45) is 24.0. The van der Waals surface area contributed by atoms with Gasteiger partial charge in [0.05, 0.1) is 39.6 Å². The van der Waals surface area contributed by atoms with Crippen molar-refractivity contribution in [3.05, 3.63) is 36.5 Å². The molecule has 0 spiro atoms. The number of carbonyl (C=O) groups is 3. The molecule has 1 aliphatic rings. The molecule has 1 saturated heterocycles. The lowest BCUT2D eigenvalue weighted by Gasteiger charge is -2.36. The molecule has 0 bridgehead atoms. The molecular formula is C54H99N3O15. The molecule has 1 heterocycles. The van der Waals surface area contributed by atoms with E-state index in [0.29, 0.717) is 105 Å². The Morgan fingerprint density at radius 1 is 0.431 bits per heavy atom. The molecule has 3 unspecified atom stereocenters. The minimum atomic E-state index is -1.48. The number of allylic oxidation sites excluding steroid dienone is 3. The molecule has 1 aliphatic heterocycles. The smallest absolute Gasteiger partial charge is 0.336 e. The second kappa shape index (κ2) is 50.3. The Balaban J connectivity index is 2.46. The molecule has 18 nitrogen and oxygen atoms in total. The highest BCUT2D eigenvalue weighted by Gasteiger charge is 2.28. The number of aliphatic hydroxyl groups excluding tert-OH is 3. The van der Waals surface area contributed by atoms with Gasteiger partial charge >= 0.3 is 17.9 Å². The zero-order chi connectivity index (χ0) is 52.4. The van der Waals surface area contributed by atoms with Crippen LogP contribution in [0.5, 0.6) is 0 Å². The summed E-state index contributed by atoms with van der Waals surface area (Å²) in [6, 6.07) is 0. The lowest BCUT2D eigenvalue weighted by atomic mass is 10.2. The second-order valence-corrected chi connectivity index (χ2v) is 18.0. The average molecular weight is 1030 g/mol. The molecule has 0 aromatic carbocycles. The third kappa shape index (κ3) is 41.5. The normalized spacial score (nSPS) is 15.0. The number of ether oxygens (including phenoxy) is 9. The van der Waals surface area contributed by atoms with Crippen molar-refractivity contribution in [2.24, 2.45) is 0 Å². The highest BCUT2D eigenvalue weighted by atomic mass is 16.7. The number of rotatable bonds is 51. The van der Waals surface area contributed by atoms with Gasteiger partial charge in [0, 0.05) is 78.7 Å². The topological polar surface area (TPSA) is 205 Å². The molecule has 0 amide bonds. The van der Waals surface area contributed by atoms with Crippen LogP contribution in [0.3, 0.4) is 0 Å². The summed E-state index contributed by atoms with van der Waals surface area (Å²) in [5, 5.41) is 32.4. The molecule has 3 atom stereocenters. The van der Waals surface area contributed by atoms with E-state index in [1.165, 1.54) is 0 Å². The molecule has 1 fully saturated rings. The van der Waals surface area contributed by atoms with Gasteiger partial charge in [-0.05, 0) is 96.3 Å². The van der Waals surface area contributed by atoms with Crippen molar-refractivity contribution in [2.75, 3.05) is 139 Å². The van der Waals surface area contributed by atoms with Gasteiger partial charge in [-0.3, -0.25) is 14.7 Å². The summed E-state index contributed by atoms with van der Waals surface area (Å²) in [4.78, 5) is 44.1. The molecule has 18 heteroatoms. The summed E-state index contributed by atoms with van der Waals surface area (Å²) < 4.78 is 49.0. The molecular weight excluding hydrogens is 931 g/mol. The van der Waals surface area contributed by atoms with Gasteiger partial charge in [-0.2, -0.15) is 0 Å². The van der Waals surface area contributed by atoms with Crippen molar-refractivity contribution < 1.29 is 72.3 Å². The fourth-order valence-electron chi connectivity index (χ4n) is 7.32. The van der Waals surface area contributed by atoms with Crippen molar-refractivity contribution in [1.82, 2.24) is 14.7 Å². The Kier molecular flexibility index (Phi) is 46.9. The molecule has 0 saturated carbocycles. The maximum atomic E-state index is 12.8. The Morgan fingerprint density at radius 3 is 1.11 bits per heavy atom. The number of unbranched alkanes of at least 4 members (excludes halogenated alkanes) is 9. The molecule has 1 rings (SSSR count). The first-order valence-corrected chi connectivity index (χ1v) is 27.3. The standard InChI is InChI=1S/C54H99N3O15/c1-4-7-10-19-34-64-46-67-37-22-13-16-25-40-70-52(61)49(58)43-56-31-28-55(29-32-56)30-33-57(44-50(59)53(62)71-41-26-17-14-23-38-68-47-65-35-20-11-8-5-2)45-51(60)54(63)72-42-27-18-15-24-39-69-48-66-36-21-12-9-6-3/h7-12,49-51,58-60H,4-6,13-48H2,1-3H3/b10-7-,11-8-,12-9-. The van der Waals surface area contributed by atoms with Crippen LogP contribution in [-0.2, 0) is 57.0 Å². The molecule has 0 aromatic rings. The highest BCUT2D eigenvalue weighted by molar-refractivity contribution is 5.75. The maximum Gasteiger partial charge on any atom is 0.336 e. The monoisotopic (exact) mass is 1030 g/mol. The highest BCUT2D eigenvalue weighted by Crippen LogP contribution is 2.09. The number of β-amino-alcohol motifs (C(OH)–C–C–N with tert-alkyl or cyclic N) is 1. The number of hydrogen-bond donors (Lipinski definition) is 3. The first-order valence-electron chi connectivity index (χ1n) is 27.3. The molecule has 0 radical (unpaired) electrons. The lowest BCUT2D eigenvalue weighted by molar-refractivity contribution is -0.157. The average Bonchev–Trinajstić information content (AvgIpc) is 3.38. The van der Waals surface area contributed by atoms with Crippen LogP contribution in [0.4, 0.5) is 0 Å². The predicted octanol–water partition coefficient (Wildman–Crippen LogP) is 6.34. The number of hydrogen-bond acceptors (Lipinski definition) is 18. The first-order chi connectivity index (χ1) is 35.2. The molecule has 0 aliphatic carbocycles. The Bertz CT molecular complexity index is 1290. The quantitative estimate of drug-likeness (QED) is 0.0200. The van der Waals surface area contributed by atoms with Crippen molar-refractivity contribution in [2.45, 2.75) is 155 Å². The van der Waals surface area contributed by atoms with E-state index in [1.807, 2.05) is 4.90 Å². The van der Waals surface area contributed by atoms with Crippen LogP contribution in [0.15, 0.2) is 36.5 Å². The Hall–Kier alpha value is -2.85. The number of esters is 3. The maximum absolute atomic E-state index is 12.8. The van der Waals surface area contributed by atoms with E-state index in [2.05, 4.69) is 62.1 Å². The molecule has 0 aromatic heterocycles. The zero-order valence-electron chi connectivity index (χ0n) is 44.9. The van der Waals surface area contributed by atoms with Crippen molar-refractivity contribution in [1.29, 1.82) is 0 Å². The summed E-state index contributed by atoms with van der Waals surface area (Å²) >= 11 is 0. The van der Waals surface area contributed by atoms with Crippen LogP contribution in [0.1, 0.15) is 136 Å². The summed E-state index contributed by atoms with van der Waals surface area (Å²) in [5.74, 6) is -2.15. The van der Waals surface area contributed by atoms with Gasteiger partial charge in [0.2, 0.25) is 0 Å². The van der Waals surface area contributed by atoms with Gasteiger partial charge < -0.3 is 58.0 Å². The van der Waals surface area contributed by atoms with E-state index in [1.54, 1.807) is 4.90 Å². The lowest BCUT2D eigenvalue weighted by Crippen LogP contribution is -2.52. The van der Waals surface area contributed by atoms with Gasteiger partial charge in [-0.15, -0.1) is 0 Å². The third-order valence-electron chi connectivity index (χ3n) is 11.6. The largest absolute Gasteiger partial charge is 0.464 e. The molecule has 3 N–H and O–H groups in total. The van der Waals surface area contributed by atoms with E-state index in [0.717, 1.165) is 96.3 Å². The van der Waals surface area contributed by atoms with Crippen molar-refractivity contribution >= 4 is 17.9 Å². The van der Waals surface area contributed by atoms with Crippen LogP contribution < -0.4 is 0 Å². The Morgan fingerprint density at radius 2 is 0.750 bits per heavy atom. The Labute approximate surface area is 433 Å². The number of carbonyl (C=O) groups excluding carboxylic acids is 3. The van der Waals surface area contributed by atoms with Gasteiger partial charge in [-0.1, -0.05) is 76.5 Å². The number of aliphatic hydroxyl groups is 3. The summed E-state index contributed by atoms with van der Waals surface area (Å²) in [6.45, 7) is 14.7. The minimum absolute atomic E-state index is 0.143. The van der Waals surface area contributed by atoms with E-state index in [-0.39, 0.29) is 53.0 Å². The summed E-state index contributed by atoms with van der Waals surface area (Å²) in [5.41, 5.74) is 0. The van der Waals surface area contributed by atoms with Crippen LogP contribution >= 0.6 is 0 Å². The molecule has 72 heavy (non-hydrogen) atoms. The van der Waals surface area contributed by atoms with E-state index < -0.39 is 36.2 Å². The van der Waals surface area contributed by atoms with Crippen LogP contribution in [0.25, 0.3) is 0 Å². The van der Waals surface area contributed by atoms with Gasteiger partial charge in [0.1, 0.15) is 20.4 Å². The van der Waals surface area contributed by atoms with Crippen molar-refractivity contribution in [3.63, 3.8) is 0 Å². The SMILES string of the molecule is CC/C=C\CCOCOCCCCCCOC(=O)C(O)CN1CCN(CCN(CC(O)C(=O)OCCCCCCOCOCC/C=C\CC)CC(O)C(=O)OCCCCCCOCOCC/C=C\CC)CC1. The van der Waals surface area contributed by atoms with Gasteiger partial charge in [0.15, 0.2) is 18.3 Å². The van der Waals surface area contributed by atoms with E-state index in [9.17, 15) is 29.7 Å². The fourth-order valence-corrected chi connectivity index (χ4v) is 7.32. The van der Waals surface area contributed by atoms with E-state index >= 15 is 0 Å². The van der Waals surface area contributed by atoms with E-state index in [4.69, 9.17) is 42.6 Å². The molecule has 420 valence electrons. The number of piperazine rings is 1. The van der Waals surface area contributed by atoms with Crippen molar-refractivity contribution in [3.8, 4) is 0 Å². The fraction of sp³-hybridized carbons (Fsp3) is 0.833. The second-order valence-electron chi connectivity index (χ2n) is 18.0. The first kappa shape index (κ1) is 67.2. The van der Waals surface area contributed by atoms with Crippen LogP contribution in [-0.4, -0.2) is 205 Å². The zero-order valence-corrected chi connectivity index (χ0v) is 44.9. The third-order valence-corrected chi connectivity index (χ3v) is 11.6. The summed E-state index contributed by atoms with van der Waals surface area (Å²) in [7, 11) is 0. The van der Waals surface area contributed by atoms with Gasteiger partial charge in [-0.25, -0.2) is 14.4 Å². The van der Waals surface area contributed by atoms with Gasteiger partial charge in [0.25, 0.3) is 0 Å². The minimum Gasteiger partial charge on any atom is -0.464 e. The number of nitrogens with zero attached hydrogens (tertiary/aromatic N) is 3.